The van der Waals surface area contributed by atoms with Crippen molar-refractivity contribution in [2.24, 2.45) is 5.92 Å². The Bertz CT molecular complexity index is 287. The molecular formula is C15H29N3O. The van der Waals surface area contributed by atoms with E-state index < -0.39 is 0 Å². The Hall–Kier alpha value is -0.770. The van der Waals surface area contributed by atoms with Crippen LogP contribution in [0.2, 0.25) is 0 Å². The fourth-order valence-corrected chi connectivity index (χ4v) is 3.25. The van der Waals surface area contributed by atoms with Gasteiger partial charge in [-0.15, -0.1) is 0 Å². The minimum atomic E-state index is 0.155. The second-order valence-corrected chi connectivity index (χ2v) is 6.51. The summed E-state index contributed by atoms with van der Waals surface area (Å²) < 4.78 is 0. The number of rotatable bonds is 3. The molecule has 0 bridgehead atoms. The van der Waals surface area contributed by atoms with Crippen molar-refractivity contribution in [2.75, 3.05) is 19.6 Å². The van der Waals surface area contributed by atoms with Gasteiger partial charge in [-0.3, -0.25) is 0 Å². The van der Waals surface area contributed by atoms with Crippen LogP contribution >= 0.6 is 0 Å². The Morgan fingerprint density at radius 2 is 2.05 bits per heavy atom. The molecule has 1 saturated carbocycles. The zero-order chi connectivity index (χ0) is 13.7. The summed E-state index contributed by atoms with van der Waals surface area (Å²) in [7, 11) is 0. The number of hydrogen-bond acceptors (Lipinski definition) is 2. The largest absolute Gasteiger partial charge is 0.335 e. The molecule has 2 N–H and O–H groups in total. The third-order valence-corrected chi connectivity index (χ3v) is 4.23. The Labute approximate surface area is 117 Å². The molecule has 19 heavy (non-hydrogen) atoms. The molecule has 0 aromatic rings. The van der Waals surface area contributed by atoms with E-state index >= 15 is 0 Å². The summed E-state index contributed by atoms with van der Waals surface area (Å²) in [4.78, 5) is 14.3. The molecule has 4 heteroatoms. The second-order valence-electron chi connectivity index (χ2n) is 6.51. The summed E-state index contributed by atoms with van der Waals surface area (Å²) in [6, 6.07) is 1.03. The number of piperazine rings is 1. The van der Waals surface area contributed by atoms with Gasteiger partial charge in [0.25, 0.3) is 0 Å². The van der Waals surface area contributed by atoms with Crippen LogP contribution in [0, 0.1) is 5.92 Å². The Morgan fingerprint density at radius 1 is 1.32 bits per heavy atom. The highest BCUT2D eigenvalue weighted by atomic mass is 16.2. The highest BCUT2D eigenvalue weighted by Crippen LogP contribution is 2.18. The monoisotopic (exact) mass is 267 g/mol. The maximum absolute atomic E-state index is 12.3. The highest BCUT2D eigenvalue weighted by molar-refractivity contribution is 5.74. The summed E-state index contributed by atoms with van der Waals surface area (Å²) in [5.41, 5.74) is 0. The van der Waals surface area contributed by atoms with E-state index in [1.54, 1.807) is 0 Å². The molecule has 1 saturated heterocycles. The van der Waals surface area contributed by atoms with Crippen molar-refractivity contribution in [3.05, 3.63) is 0 Å². The predicted molar refractivity (Wildman–Crippen MR) is 78.2 cm³/mol. The number of carbonyl (C=O) groups is 1. The second kappa shape index (κ2) is 7.13. The van der Waals surface area contributed by atoms with E-state index in [0.29, 0.717) is 18.0 Å². The van der Waals surface area contributed by atoms with E-state index in [-0.39, 0.29) is 6.03 Å². The topological polar surface area (TPSA) is 44.4 Å². The van der Waals surface area contributed by atoms with Crippen LogP contribution in [0.4, 0.5) is 4.79 Å². The summed E-state index contributed by atoms with van der Waals surface area (Å²) in [5, 5.41) is 6.74. The van der Waals surface area contributed by atoms with Gasteiger partial charge in [0, 0.05) is 31.7 Å². The lowest BCUT2D eigenvalue weighted by Gasteiger charge is -2.36. The lowest BCUT2D eigenvalue weighted by atomic mass is 9.95. The molecule has 0 aromatic heterocycles. The fraction of sp³-hybridized carbons (Fsp3) is 0.933. The predicted octanol–water partition coefficient (Wildman–Crippen LogP) is 2.35. The zero-order valence-electron chi connectivity index (χ0n) is 12.5. The van der Waals surface area contributed by atoms with Gasteiger partial charge in [-0.05, 0) is 25.2 Å². The van der Waals surface area contributed by atoms with E-state index in [4.69, 9.17) is 0 Å². The van der Waals surface area contributed by atoms with Crippen molar-refractivity contribution in [3.8, 4) is 0 Å². The van der Waals surface area contributed by atoms with Crippen LogP contribution in [0.15, 0.2) is 0 Å². The molecule has 2 aliphatic rings. The smallest absolute Gasteiger partial charge is 0.317 e. The molecular weight excluding hydrogens is 238 g/mol. The van der Waals surface area contributed by atoms with Gasteiger partial charge in [0.15, 0.2) is 0 Å². The zero-order valence-corrected chi connectivity index (χ0v) is 12.5. The molecule has 1 heterocycles. The van der Waals surface area contributed by atoms with Gasteiger partial charge in [0.2, 0.25) is 0 Å². The van der Waals surface area contributed by atoms with E-state index in [1.807, 2.05) is 4.90 Å². The molecule has 1 unspecified atom stereocenters. The molecule has 4 nitrogen and oxygen atoms in total. The average Bonchev–Trinajstić information content (AvgIpc) is 2.39. The van der Waals surface area contributed by atoms with Crippen LogP contribution in [0.3, 0.4) is 0 Å². The Balaban J connectivity index is 1.77. The van der Waals surface area contributed by atoms with Gasteiger partial charge in [0.1, 0.15) is 0 Å². The lowest BCUT2D eigenvalue weighted by Crippen LogP contribution is -2.56. The van der Waals surface area contributed by atoms with Gasteiger partial charge in [-0.25, -0.2) is 4.79 Å². The lowest BCUT2D eigenvalue weighted by molar-refractivity contribution is 0.165. The van der Waals surface area contributed by atoms with Crippen LogP contribution in [0.5, 0.6) is 0 Å². The fourth-order valence-electron chi connectivity index (χ4n) is 3.25. The normalized spacial score (nSPS) is 25.6. The van der Waals surface area contributed by atoms with Gasteiger partial charge >= 0.3 is 6.03 Å². The van der Waals surface area contributed by atoms with E-state index in [0.717, 1.165) is 38.9 Å². The maximum Gasteiger partial charge on any atom is 0.317 e. The summed E-state index contributed by atoms with van der Waals surface area (Å²) in [5.74, 6) is 0.679. The van der Waals surface area contributed by atoms with Gasteiger partial charge < -0.3 is 15.5 Å². The van der Waals surface area contributed by atoms with E-state index in [9.17, 15) is 4.79 Å². The standard InChI is InChI=1S/C15H29N3O/c1-12(2)10-14-11-18(9-8-16-14)15(19)17-13-6-4-3-5-7-13/h12-14,16H,3-11H2,1-2H3,(H,17,19). The molecule has 1 aliphatic heterocycles. The van der Waals surface area contributed by atoms with Crippen molar-refractivity contribution in [1.82, 2.24) is 15.5 Å². The minimum Gasteiger partial charge on any atom is -0.335 e. The molecule has 0 radical (unpaired) electrons. The average molecular weight is 267 g/mol. The first-order chi connectivity index (χ1) is 9.15. The molecule has 2 amide bonds. The van der Waals surface area contributed by atoms with Crippen molar-refractivity contribution >= 4 is 6.03 Å². The number of urea groups is 1. The molecule has 110 valence electrons. The van der Waals surface area contributed by atoms with Crippen molar-refractivity contribution < 1.29 is 4.79 Å². The van der Waals surface area contributed by atoms with Crippen LogP contribution in [0.1, 0.15) is 52.4 Å². The van der Waals surface area contributed by atoms with Gasteiger partial charge in [0.05, 0.1) is 0 Å². The molecule has 2 rings (SSSR count). The molecule has 2 fully saturated rings. The van der Waals surface area contributed by atoms with Gasteiger partial charge in [-0.2, -0.15) is 0 Å². The van der Waals surface area contributed by atoms with Crippen molar-refractivity contribution in [1.29, 1.82) is 0 Å². The third-order valence-electron chi connectivity index (χ3n) is 4.23. The molecule has 0 spiro atoms. The molecule has 0 aromatic carbocycles. The minimum absolute atomic E-state index is 0.155. The first-order valence-electron chi connectivity index (χ1n) is 7.94. The number of carbonyl (C=O) groups excluding carboxylic acids is 1. The van der Waals surface area contributed by atoms with Crippen molar-refractivity contribution in [3.63, 3.8) is 0 Å². The number of hydrogen-bond donors (Lipinski definition) is 2. The highest BCUT2D eigenvalue weighted by Gasteiger charge is 2.25. The van der Waals surface area contributed by atoms with E-state index in [2.05, 4.69) is 24.5 Å². The molecule has 1 aliphatic carbocycles. The third kappa shape index (κ3) is 4.68. The summed E-state index contributed by atoms with van der Waals surface area (Å²) in [6.07, 6.45) is 7.33. The Kier molecular flexibility index (Phi) is 5.49. The van der Waals surface area contributed by atoms with Crippen molar-refractivity contribution in [2.45, 2.75) is 64.5 Å². The SMILES string of the molecule is CC(C)CC1CN(C(=O)NC2CCCCC2)CCN1. The number of nitrogens with one attached hydrogen (secondary N) is 2. The number of nitrogens with zero attached hydrogens (tertiary/aromatic N) is 1. The quantitative estimate of drug-likeness (QED) is 0.824. The number of amides is 2. The van der Waals surface area contributed by atoms with Crippen LogP contribution in [0.25, 0.3) is 0 Å². The van der Waals surface area contributed by atoms with E-state index in [1.165, 1.54) is 19.3 Å². The molecule has 1 atom stereocenters. The summed E-state index contributed by atoms with van der Waals surface area (Å²) in [6.45, 7) is 7.10. The maximum atomic E-state index is 12.3. The van der Waals surface area contributed by atoms with Crippen LogP contribution < -0.4 is 10.6 Å². The first kappa shape index (κ1) is 14.6. The van der Waals surface area contributed by atoms with Gasteiger partial charge in [-0.1, -0.05) is 33.1 Å². The van der Waals surface area contributed by atoms with Crippen LogP contribution in [-0.2, 0) is 0 Å². The summed E-state index contributed by atoms with van der Waals surface area (Å²) >= 11 is 0. The van der Waals surface area contributed by atoms with Crippen LogP contribution in [-0.4, -0.2) is 42.6 Å². The first-order valence-corrected chi connectivity index (χ1v) is 7.94. The Morgan fingerprint density at radius 3 is 2.74 bits per heavy atom.